The van der Waals surface area contributed by atoms with E-state index >= 15 is 0 Å². The number of nitrogens with one attached hydrogen (secondary N) is 1. The Hall–Kier alpha value is -3.98. The molecule has 1 fully saturated rings. The average Bonchev–Trinajstić information content (AvgIpc) is 3.80. The summed E-state index contributed by atoms with van der Waals surface area (Å²) in [7, 11) is 3.24. The minimum atomic E-state index is -0.636. The molecule has 41 heavy (non-hydrogen) atoms. The second kappa shape index (κ2) is 13.6. The average molecular weight is 573 g/mol. The lowest BCUT2D eigenvalue weighted by atomic mass is 9.99. The number of ether oxygens (including phenoxy) is 2. The number of Topliss-reactive ketones (excluding diaryl/α,β-unsaturated/α-hetero) is 1. The maximum absolute atomic E-state index is 13.7. The zero-order valence-electron chi connectivity index (χ0n) is 23.5. The molecular formula is C32H36N4O4S. The van der Waals surface area contributed by atoms with Gasteiger partial charge in [-0.1, -0.05) is 49.2 Å². The Morgan fingerprint density at radius 1 is 1.02 bits per heavy atom. The number of carbonyl (C=O) groups is 2. The highest BCUT2D eigenvalue weighted by Gasteiger charge is 2.29. The topological polar surface area (TPSA) is 95.3 Å². The van der Waals surface area contributed by atoms with Crippen LogP contribution in [0.2, 0.25) is 0 Å². The number of rotatable bonds is 13. The Morgan fingerprint density at radius 3 is 2.41 bits per heavy atom. The summed E-state index contributed by atoms with van der Waals surface area (Å²) < 4.78 is 13.3. The number of amides is 1. The lowest BCUT2D eigenvalue weighted by molar-refractivity contribution is -0.121. The van der Waals surface area contributed by atoms with Crippen molar-refractivity contribution in [2.24, 2.45) is 0 Å². The molecule has 0 radical (unpaired) electrons. The van der Waals surface area contributed by atoms with Crippen molar-refractivity contribution in [3.8, 4) is 22.8 Å². The van der Waals surface area contributed by atoms with E-state index in [9.17, 15) is 9.59 Å². The molecule has 0 bridgehead atoms. The zero-order chi connectivity index (χ0) is 28.6. The minimum Gasteiger partial charge on any atom is -0.496 e. The first-order valence-electron chi connectivity index (χ1n) is 14.1. The number of aromatic nitrogens is 3. The number of carbonyl (C=O) groups excluding carboxylic acids is 2. The van der Waals surface area contributed by atoms with E-state index in [1.165, 1.54) is 11.3 Å². The van der Waals surface area contributed by atoms with Gasteiger partial charge in [-0.05, 0) is 49.4 Å². The van der Waals surface area contributed by atoms with Crippen LogP contribution in [0.3, 0.4) is 0 Å². The van der Waals surface area contributed by atoms with Crippen molar-refractivity contribution in [3.63, 3.8) is 0 Å². The third kappa shape index (κ3) is 6.85. The lowest BCUT2D eigenvalue weighted by Crippen LogP contribution is -2.41. The molecule has 0 aliphatic heterocycles. The molecule has 2 heterocycles. The van der Waals surface area contributed by atoms with Gasteiger partial charge < -0.3 is 14.8 Å². The molecule has 1 aliphatic rings. The fourth-order valence-corrected chi connectivity index (χ4v) is 6.13. The van der Waals surface area contributed by atoms with Gasteiger partial charge in [-0.15, -0.1) is 11.3 Å². The summed E-state index contributed by atoms with van der Waals surface area (Å²) in [6, 6.07) is 17.0. The van der Waals surface area contributed by atoms with Crippen molar-refractivity contribution in [2.75, 3.05) is 14.2 Å². The molecule has 5 rings (SSSR count). The second-order valence-electron chi connectivity index (χ2n) is 10.3. The van der Waals surface area contributed by atoms with Gasteiger partial charge in [-0.2, -0.15) is 5.10 Å². The van der Waals surface area contributed by atoms with Crippen LogP contribution < -0.4 is 14.8 Å². The van der Waals surface area contributed by atoms with Crippen LogP contribution in [-0.2, 0) is 17.6 Å². The molecule has 0 saturated heterocycles. The predicted molar refractivity (Wildman–Crippen MR) is 160 cm³/mol. The molecule has 1 atom stereocenters. The maximum Gasteiger partial charge on any atom is 0.272 e. The fraction of sp³-hybridized carbons (Fsp3) is 0.375. The van der Waals surface area contributed by atoms with E-state index < -0.39 is 6.04 Å². The van der Waals surface area contributed by atoms with Crippen LogP contribution in [0.25, 0.3) is 11.3 Å². The summed E-state index contributed by atoms with van der Waals surface area (Å²) in [5.41, 5.74) is 2.93. The quantitative estimate of drug-likeness (QED) is 0.209. The highest BCUT2D eigenvalue weighted by atomic mass is 32.1. The summed E-state index contributed by atoms with van der Waals surface area (Å²) in [4.78, 5) is 31.4. The smallest absolute Gasteiger partial charge is 0.272 e. The van der Waals surface area contributed by atoms with E-state index in [1.54, 1.807) is 26.5 Å². The van der Waals surface area contributed by atoms with Crippen LogP contribution in [0.4, 0.5) is 0 Å². The standard InChI is InChI=1S/C32H36N4O4S/c1-39-28-13-8-14-29(40-2)31(28)26-21-25(35-36(26)23-11-6-7-12-23)32(38)34-24(16-15-22-9-4-3-5-10-22)27(37)17-18-30-33-19-20-41-30/h3-5,8-10,13-14,19-21,23-24H,6-7,11-12,15-18H2,1-2H3,(H,34,38)/t24-/m0/s1. The molecule has 4 aromatic rings. The van der Waals surface area contributed by atoms with Gasteiger partial charge in [-0.3, -0.25) is 14.3 Å². The molecular weight excluding hydrogens is 536 g/mol. The number of benzene rings is 2. The van der Waals surface area contributed by atoms with Crippen molar-refractivity contribution < 1.29 is 19.1 Å². The first-order valence-corrected chi connectivity index (χ1v) is 15.0. The molecule has 1 N–H and O–H groups in total. The van der Waals surface area contributed by atoms with Crippen LogP contribution in [0.15, 0.2) is 66.2 Å². The Kier molecular flexibility index (Phi) is 9.46. The molecule has 9 heteroatoms. The van der Waals surface area contributed by atoms with Crippen LogP contribution in [-0.4, -0.2) is 46.7 Å². The molecule has 1 aliphatic carbocycles. The minimum absolute atomic E-state index is 0.00803. The molecule has 2 aromatic heterocycles. The number of hydrogen-bond donors (Lipinski definition) is 1. The second-order valence-corrected chi connectivity index (χ2v) is 11.3. The van der Waals surface area contributed by atoms with E-state index in [2.05, 4.69) is 10.3 Å². The first kappa shape index (κ1) is 28.5. The highest BCUT2D eigenvalue weighted by molar-refractivity contribution is 7.09. The Bertz CT molecular complexity index is 1420. The number of nitrogens with zero attached hydrogens (tertiary/aromatic N) is 3. The molecule has 1 amide bonds. The van der Waals surface area contributed by atoms with Gasteiger partial charge >= 0.3 is 0 Å². The van der Waals surface area contributed by atoms with E-state index in [-0.39, 0.29) is 23.4 Å². The normalized spacial score (nSPS) is 14.1. The van der Waals surface area contributed by atoms with Gasteiger partial charge in [-0.25, -0.2) is 4.98 Å². The van der Waals surface area contributed by atoms with E-state index in [4.69, 9.17) is 14.6 Å². The summed E-state index contributed by atoms with van der Waals surface area (Å²) in [5, 5.41) is 10.7. The van der Waals surface area contributed by atoms with Crippen molar-refractivity contribution in [2.45, 2.75) is 63.5 Å². The summed E-state index contributed by atoms with van der Waals surface area (Å²) in [6.45, 7) is 0. The third-order valence-corrected chi connectivity index (χ3v) is 8.49. The Balaban J connectivity index is 1.42. The fourth-order valence-electron chi connectivity index (χ4n) is 5.51. The molecule has 2 aromatic carbocycles. The summed E-state index contributed by atoms with van der Waals surface area (Å²) in [5.74, 6) is 0.922. The van der Waals surface area contributed by atoms with Crippen LogP contribution >= 0.6 is 11.3 Å². The van der Waals surface area contributed by atoms with E-state index in [0.29, 0.717) is 37.2 Å². The van der Waals surface area contributed by atoms with Crippen molar-refractivity contribution in [1.29, 1.82) is 0 Å². The highest BCUT2D eigenvalue weighted by Crippen LogP contribution is 2.41. The molecule has 214 valence electrons. The predicted octanol–water partition coefficient (Wildman–Crippen LogP) is 6.07. The van der Waals surface area contributed by atoms with Gasteiger partial charge in [0.2, 0.25) is 0 Å². The number of ketones is 1. The van der Waals surface area contributed by atoms with Gasteiger partial charge in [0.15, 0.2) is 11.5 Å². The first-order chi connectivity index (χ1) is 20.1. The SMILES string of the molecule is COc1cccc(OC)c1-c1cc(C(=O)N[C@@H](CCc2ccccc2)C(=O)CCc2nccs2)nn1C1CCCC1. The van der Waals surface area contributed by atoms with Crippen molar-refractivity contribution >= 4 is 23.0 Å². The Morgan fingerprint density at radius 2 is 1.76 bits per heavy atom. The van der Waals surface area contributed by atoms with Crippen molar-refractivity contribution in [3.05, 3.63) is 82.4 Å². The monoisotopic (exact) mass is 572 g/mol. The van der Waals surface area contributed by atoms with Crippen LogP contribution in [0.5, 0.6) is 11.5 Å². The Labute approximate surface area is 244 Å². The summed E-state index contributed by atoms with van der Waals surface area (Å²) in [6.07, 6.45) is 8.00. The zero-order valence-corrected chi connectivity index (χ0v) is 24.4. The van der Waals surface area contributed by atoms with Gasteiger partial charge in [0.1, 0.15) is 11.5 Å². The largest absolute Gasteiger partial charge is 0.496 e. The molecule has 0 unspecified atom stereocenters. The van der Waals surface area contributed by atoms with E-state index in [1.807, 2.05) is 58.6 Å². The van der Waals surface area contributed by atoms with Gasteiger partial charge in [0, 0.05) is 24.4 Å². The van der Waals surface area contributed by atoms with Crippen molar-refractivity contribution in [1.82, 2.24) is 20.1 Å². The number of thiazole rings is 1. The molecule has 1 saturated carbocycles. The number of aryl methyl sites for hydroxylation is 2. The third-order valence-electron chi connectivity index (χ3n) is 7.65. The van der Waals surface area contributed by atoms with Gasteiger partial charge in [0.05, 0.1) is 42.6 Å². The summed E-state index contributed by atoms with van der Waals surface area (Å²) >= 11 is 1.53. The molecule has 0 spiro atoms. The lowest BCUT2D eigenvalue weighted by Gasteiger charge is -2.18. The number of methoxy groups -OCH3 is 2. The number of hydrogen-bond acceptors (Lipinski definition) is 7. The molecule has 8 nitrogen and oxygen atoms in total. The van der Waals surface area contributed by atoms with E-state index in [0.717, 1.165) is 47.5 Å². The maximum atomic E-state index is 13.7. The van der Waals surface area contributed by atoms with Gasteiger partial charge in [0.25, 0.3) is 5.91 Å². The van der Waals surface area contributed by atoms with Crippen LogP contribution in [0.1, 0.15) is 65.6 Å². The van der Waals surface area contributed by atoms with Crippen LogP contribution in [0, 0.1) is 0 Å².